The zero-order valence-corrected chi connectivity index (χ0v) is 14.0. The van der Waals surface area contributed by atoms with Crippen molar-refractivity contribution >= 4 is 5.97 Å². The number of hydrogen-bond acceptors (Lipinski definition) is 6. The van der Waals surface area contributed by atoms with Gasteiger partial charge in [0.05, 0.1) is 13.7 Å². The largest absolute Gasteiger partial charge is 0.466 e. The van der Waals surface area contributed by atoms with E-state index in [1.807, 2.05) is 44.2 Å². The highest BCUT2D eigenvalue weighted by molar-refractivity contribution is 5.81. The Labute approximate surface area is 141 Å². The Morgan fingerprint density at radius 3 is 2.71 bits per heavy atom. The van der Waals surface area contributed by atoms with E-state index >= 15 is 0 Å². The third kappa shape index (κ3) is 3.84. The van der Waals surface area contributed by atoms with Gasteiger partial charge in [-0.2, -0.15) is 0 Å². The van der Waals surface area contributed by atoms with Crippen molar-refractivity contribution in [2.24, 2.45) is 0 Å². The smallest absolute Gasteiger partial charge is 0.330 e. The number of fused-ring (bicyclic) bond motifs is 1. The van der Waals surface area contributed by atoms with Crippen LogP contribution in [0.3, 0.4) is 0 Å². The van der Waals surface area contributed by atoms with Gasteiger partial charge in [0.1, 0.15) is 18.3 Å². The normalized spacial score (nSPS) is 31.3. The summed E-state index contributed by atoms with van der Waals surface area (Å²) in [6.45, 7) is 4.09. The fourth-order valence-corrected chi connectivity index (χ4v) is 2.86. The summed E-state index contributed by atoms with van der Waals surface area (Å²) in [6, 6.07) is 9.85. The monoisotopic (exact) mass is 334 g/mol. The van der Waals surface area contributed by atoms with Gasteiger partial charge in [0, 0.05) is 6.08 Å². The summed E-state index contributed by atoms with van der Waals surface area (Å²) in [5.41, 5.74) is 1.05. The molecule has 4 atom stereocenters. The topological polar surface area (TPSA) is 63.2 Å². The molecule has 2 heterocycles. The quantitative estimate of drug-likeness (QED) is 0.607. The molecular weight excluding hydrogens is 312 g/mol. The van der Waals surface area contributed by atoms with Gasteiger partial charge in [-0.15, -0.1) is 0 Å². The number of carbonyl (C=O) groups excluding carboxylic acids is 1. The maximum absolute atomic E-state index is 11.3. The Kier molecular flexibility index (Phi) is 5.01. The summed E-state index contributed by atoms with van der Waals surface area (Å²) in [6.07, 6.45) is 1.26. The van der Waals surface area contributed by atoms with Crippen molar-refractivity contribution in [3.05, 3.63) is 48.0 Å². The molecule has 2 fully saturated rings. The molecule has 0 N–H and O–H groups in total. The lowest BCUT2D eigenvalue weighted by molar-refractivity contribution is -0.213. The van der Waals surface area contributed by atoms with Crippen LogP contribution in [-0.2, 0) is 35.1 Å². The minimum absolute atomic E-state index is 0.351. The molecule has 2 aliphatic rings. The number of ether oxygens (including phenoxy) is 5. The van der Waals surface area contributed by atoms with E-state index in [4.69, 9.17) is 18.9 Å². The molecule has 0 radical (unpaired) electrons. The molecule has 0 aliphatic carbocycles. The van der Waals surface area contributed by atoms with E-state index in [2.05, 4.69) is 4.74 Å². The lowest BCUT2D eigenvalue weighted by Gasteiger charge is -2.24. The van der Waals surface area contributed by atoms with E-state index in [0.29, 0.717) is 6.61 Å². The number of esters is 1. The van der Waals surface area contributed by atoms with Crippen molar-refractivity contribution in [2.45, 2.75) is 50.8 Å². The predicted octanol–water partition coefficient (Wildman–Crippen LogP) is 2.18. The van der Waals surface area contributed by atoms with Gasteiger partial charge < -0.3 is 23.7 Å². The third-order valence-electron chi connectivity index (χ3n) is 3.94. The summed E-state index contributed by atoms with van der Waals surface area (Å²) < 4.78 is 28.2. The Balaban J connectivity index is 1.71. The molecule has 3 rings (SSSR count). The van der Waals surface area contributed by atoms with Crippen molar-refractivity contribution in [2.75, 3.05) is 7.11 Å². The van der Waals surface area contributed by atoms with Crippen LogP contribution in [0.1, 0.15) is 19.4 Å². The second kappa shape index (κ2) is 7.03. The lowest BCUT2D eigenvalue weighted by atomic mass is 10.1. The van der Waals surface area contributed by atoms with E-state index in [9.17, 15) is 4.79 Å². The van der Waals surface area contributed by atoms with Crippen molar-refractivity contribution in [1.82, 2.24) is 0 Å². The van der Waals surface area contributed by atoms with Crippen LogP contribution in [0.4, 0.5) is 0 Å². The molecule has 0 aromatic heterocycles. The summed E-state index contributed by atoms with van der Waals surface area (Å²) in [5.74, 6) is -1.17. The van der Waals surface area contributed by atoms with E-state index < -0.39 is 24.2 Å². The lowest BCUT2D eigenvalue weighted by Crippen LogP contribution is -2.36. The van der Waals surface area contributed by atoms with E-state index in [1.165, 1.54) is 13.2 Å². The molecule has 6 heteroatoms. The van der Waals surface area contributed by atoms with Gasteiger partial charge in [0.15, 0.2) is 12.1 Å². The summed E-state index contributed by atoms with van der Waals surface area (Å²) in [5, 5.41) is 0. The Morgan fingerprint density at radius 1 is 1.25 bits per heavy atom. The van der Waals surface area contributed by atoms with E-state index in [-0.39, 0.29) is 12.2 Å². The second-order valence-corrected chi connectivity index (χ2v) is 6.21. The minimum atomic E-state index is -0.722. The van der Waals surface area contributed by atoms with Crippen LogP contribution in [0.2, 0.25) is 0 Å². The first kappa shape index (κ1) is 17.1. The molecule has 0 saturated carbocycles. The van der Waals surface area contributed by atoms with Crippen LogP contribution in [0.25, 0.3) is 0 Å². The van der Waals surface area contributed by atoms with E-state index in [0.717, 1.165) is 5.56 Å². The highest BCUT2D eigenvalue weighted by Gasteiger charge is 2.54. The second-order valence-electron chi connectivity index (χ2n) is 6.21. The highest BCUT2D eigenvalue weighted by atomic mass is 16.8. The molecule has 1 aromatic rings. The Hall–Kier alpha value is -1.73. The van der Waals surface area contributed by atoms with Gasteiger partial charge in [0.25, 0.3) is 0 Å². The number of carbonyl (C=O) groups is 1. The first-order valence-corrected chi connectivity index (χ1v) is 7.91. The third-order valence-corrected chi connectivity index (χ3v) is 3.94. The molecule has 130 valence electrons. The molecule has 1 aromatic carbocycles. The SMILES string of the molecule is COC(=O)/C=C/[C@H]1O[C@@H]2OC(C)(C)O[C@@H]2[C@H]1OCc1ccccc1. The summed E-state index contributed by atoms with van der Waals surface area (Å²) in [4.78, 5) is 11.3. The summed E-state index contributed by atoms with van der Waals surface area (Å²) in [7, 11) is 1.33. The summed E-state index contributed by atoms with van der Waals surface area (Å²) >= 11 is 0. The van der Waals surface area contributed by atoms with Crippen LogP contribution in [0, 0.1) is 0 Å². The van der Waals surface area contributed by atoms with Crippen molar-refractivity contribution in [3.63, 3.8) is 0 Å². The maximum atomic E-state index is 11.3. The van der Waals surface area contributed by atoms with Crippen LogP contribution >= 0.6 is 0 Å². The van der Waals surface area contributed by atoms with Gasteiger partial charge >= 0.3 is 5.97 Å². The van der Waals surface area contributed by atoms with Gasteiger partial charge in [-0.05, 0) is 25.5 Å². The van der Waals surface area contributed by atoms with Crippen molar-refractivity contribution in [1.29, 1.82) is 0 Å². The van der Waals surface area contributed by atoms with Crippen molar-refractivity contribution < 1.29 is 28.5 Å². The molecule has 0 amide bonds. The number of benzene rings is 1. The average molecular weight is 334 g/mol. The number of hydrogen-bond donors (Lipinski definition) is 0. The minimum Gasteiger partial charge on any atom is -0.466 e. The van der Waals surface area contributed by atoms with Gasteiger partial charge in [-0.25, -0.2) is 4.79 Å². The number of rotatable bonds is 5. The standard InChI is InChI=1S/C18H22O6/c1-18(2)23-16-15(21-11-12-7-5-4-6-8-12)13(22-17(16)24-18)9-10-14(19)20-3/h4-10,13,15-17H,11H2,1-3H3/b10-9+/t13-,15+,16-,17-/m1/s1. The van der Waals surface area contributed by atoms with Crippen LogP contribution in [0.15, 0.2) is 42.5 Å². The fourth-order valence-electron chi connectivity index (χ4n) is 2.86. The molecule has 24 heavy (non-hydrogen) atoms. The molecule has 0 bridgehead atoms. The van der Waals surface area contributed by atoms with Gasteiger partial charge in [-0.3, -0.25) is 0 Å². The zero-order chi connectivity index (χ0) is 17.2. The molecular formula is C18H22O6. The molecule has 0 spiro atoms. The first-order chi connectivity index (χ1) is 11.5. The zero-order valence-electron chi connectivity index (χ0n) is 14.0. The average Bonchev–Trinajstić information content (AvgIpc) is 3.03. The van der Waals surface area contributed by atoms with Gasteiger partial charge in [-0.1, -0.05) is 30.3 Å². The predicted molar refractivity (Wildman–Crippen MR) is 84.9 cm³/mol. The molecule has 0 unspecified atom stereocenters. The van der Waals surface area contributed by atoms with Crippen LogP contribution in [-0.4, -0.2) is 43.5 Å². The van der Waals surface area contributed by atoms with Gasteiger partial charge in [0.2, 0.25) is 0 Å². The highest BCUT2D eigenvalue weighted by Crippen LogP contribution is 2.39. The number of methoxy groups -OCH3 is 1. The van der Waals surface area contributed by atoms with Crippen LogP contribution < -0.4 is 0 Å². The Morgan fingerprint density at radius 2 is 2.00 bits per heavy atom. The van der Waals surface area contributed by atoms with Crippen LogP contribution in [0.5, 0.6) is 0 Å². The molecule has 6 nitrogen and oxygen atoms in total. The molecule has 2 saturated heterocycles. The molecule has 2 aliphatic heterocycles. The first-order valence-electron chi connectivity index (χ1n) is 7.91. The Bertz CT molecular complexity index is 597. The van der Waals surface area contributed by atoms with Crippen molar-refractivity contribution in [3.8, 4) is 0 Å². The van der Waals surface area contributed by atoms with E-state index in [1.54, 1.807) is 6.08 Å². The maximum Gasteiger partial charge on any atom is 0.330 e. The fraction of sp³-hybridized carbons (Fsp3) is 0.500.